The number of phosphoric acid groups is 1. The lowest BCUT2D eigenvalue weighted by atomic mass is 10.1. The smallest absolute Gasteiger partial charge is 0.468 e. The van der Waals surface area contributed by atoms with Gasteiger partial charge in [0.25, 0.3) is 6.47 Å². The highest BCUT2D eigenvalue weighted by Gasteiger charge is 2.21. The lowest BCUT2D eigenvalue weighted by Crippen LogP contribution is -2.25. The van der Waals surface area contributed by atoms with Crippen LogP contribution in [0, 0.1) is 0 Å². The molecule has 0 saturated heterocycles. The Hall–Kier alpha value is -0.600. The molecule has 0 radical (unpaired) electrons. The maximum Gasteiger partial charge on any atom is 0.469 e. The molecule has 8 nitrogen and oxygen atoms in total. The minimum Gasteiger partial charge on any atom is -0.468 e. The third-order valence-corrected chi connectivity index (χ3v) is 8.80. The molecule has 2 N–H and O–H groups in total. The van der Waals surface area contributed by atoms with Crippen molar-refractivity contribution < 1.29 is 37.9 Å². The fraction of sp³-hybridized carbons (Fsp3) is 0.935. The van der Waals surface area contributed by atoms with E-state index in [1.807, 2.05) is 0 Å². The largest absolute Gasteiger partial charge is 0.469 e. The summed E-state index contributed by atoms with van der Waals surface area (Å²) in [5.41, 5.74) is 0. The lowest BCUT2D eigenvalue weighted by molar-refractivity contribution is -0.149. The van der Waals surface area contributed by atoms with Crippen LogP contribution in [-0.4, -0.2) is 53.1 Å². The van der Waals surface area contributed by atoms with E-state index in [9.17, 15) is 14.2 Å². The van der Waals surface area contributed by atoms with Crippen molar-refractivity contribution in [3.05, 3.63) is 0 Å². The first-order valence-electron chi connectivity index (χ1n) is 16.4. The quantitative estimate of drug-likeness (QED) is 0.0319. The molecule has 0 aliphatic carbocycles. The van der Waals surface area contributed by atoms with E-state index in [2.05, 4.69) is 11.4 Å². The number of esters is 1. The second kappa shape index (κ2) is 30.8. The fourth-order valence-corrected chi connectivity index (χ4v) is 6.08. The molecule has 0 aliphatic heterocycles. The maximum atomic E-state index is 12.3. The van der Waals surface area contributed by atoms with Gasteiger partial charge < -0.3 is 19.3 Å². The predicted molar refractivity (Wildman–Crippen MR) is 169 cm³/mol. The highest BCUT2D eigenvalue weighted by Crippen LogP contribution is 2.36. The van der Waals surface area contributed by atoms with Crippen molar-refractivity contribution in [3.63, 3.8) is 0 Å². The molecule has 10 heteroatoms. The predicted octanol–water partition coefficient (Wildman–Crippen LogP) is 8.91. The Morgan fingerprint density at radius 2 is 1.20 bits per heavy atom. The average molecular weight is 625 g/mol. The van der Waals surface area contributed by atoms with E-state index in [1.54, 1.807) is 11.8 Å². The van der Waals surface area contributed by atoms with E-state index < -0.39 is 13.9 Å². The monoisotopic (exact) mass is 624 g/mol. The van der Waals surface area contributed by atoms with Crippen molar-refractivity contribution in [2.45, 2.75) is 161 Å². The van der Waals surface area contributed by atoms with Gasteiger partial charge in [-0.05, 0) is 25.0 Å². The third-order valence-electron chi connectivity index (χ3n) is 7.13. The maximum absolute atomic E-state index is 12.3. The van der Waals surface area contributed by atoms with Crippen LogP contribution >= 0.6 is 19.6 Å². The van der Waals surface area contributed by atoms with Gasteiger partial charge in [0, 0.05) is 12.2 Å². The summed E-state index contributed by atoms with van der Waals surface area (Å²) in [6.45, 7) is 3.00. The van der Waals surface area contributed by atoms with Crippen molar-refractivity contribution in [3.8, 4) is 0 Å². The zero-order chi connectivity index (χ0) is 30.3. The lowest BCUT2D eigenvalue weighted by Gasteiger charge is -2.18. The molecule has 0 aromatic rings. The Bertz CT molecular complexity index is 631. The first-order chi connectivity index (χ1) is 19.9. The van der Waals surface area contributed by atoms with Gasteiger partial charge in [-0.15, -0.1) is 0 Å². The second-order valence-corrected chi connectivity index (χ2v) is 13.5. The Morgan fingerprint density at radius 1 is 0.732 bits per heavy atom. The van der Waals surface area contributed by atoms with Crippen LogP contribution in [0.2, 0.25) is 0 Å². The number of unbranched alkanes of at least 4 members (excludes halogenated alkanes) is 20. The molecule has 1 atom stereocenters. The highest BCUT2D eigenvalue weighted by molar-refractivity contribution is 7.99. The zero-order valence-corrected chi connectivity index (χ0v) is 27.7. The van der Waals surface area contributed by atoms with Crippen molar-refractivity contribution >= 4 is 32.0 Å². The molecule has 0 spiro atoms. The SMILES string of the molecule is CCCCCCCCCCCCC(=O)O[C@H](COP(=O)(O)O)CSCCCCCCCCCCCCCCOC=O. The van der Waals surface area contributed by atoms with Crippen LogP contribution < -0.4 is 0 Å². The van der Waals surface area contributed by atoms with E-state index >= 15 is 0 Å². The topological polar surface area (TPSA) is 119 Å². The second-order valence-electron chi connectivity index (χ2n) is 11.1. The summed E-state index contributed by atoms with van der Waals surface area (Å²) in [6, 6.07) is 0. The van der Waals surface area contributed by atoms with Gasteiger partial charge >= 0.3 is 13.8 Å². The summed E-state index contributed by atoms with van der Waals surface area (Å²) in [4.78, 5) is 40.5. The standard InChI is InChI=1S/C31H61O8PS/c1-2-3-4-5-6-7-12-15-18-21-24-31(33)39-30(27-38-40(34,35)36)28-41-26-23-20-17-14-11-9-8-10-13-16-19-22-25-37-29-32/h29-30H,2-28H2,1H3,(H2,34,35,36)/t30-/m1/s1. The molecular formula is C31H61O8PS. The van der Waals surface area contributed by atoms with Crippen molar-refractivity contribution in [1.82, 2.24) is 0 Å². The Balaban J connectivity index is 3.80. The van der Waals surface area contributed by atoms with E-state index in [4.69, 9.17) is 19.3 Å². The molecule has 0 saturated carbocycles. The van der Waals surface area contributed by atoms with Crippen LogP contribution in [0.4, 0.5) is 0 Å². The van der Waals surface area contributed by atoms with Gasteiger partial charge in [-0.1, -0.05) is 129 Å². The van der Waals surface area contributed by atoms with Gasteiger partial charge in [-0.2, -0.15) is 11.8 Å². The molecule has 0 bridgehead atoms. The van der Waals surface area contributed by atoms with E-state index in [-0.39, 0.29) is 12.6 Å². The minimum atomic E-state index is -4.60. The van der Waals surface area contributed by atoms with Gasteiger partial charge in [0.15, 0.2) is 0 Å². The molecule has 0 rings (SSSR count). The zero-order valence-electron chi connectivity index (χ0n) is 25.9. The van der Waals surface area contributed by atoms with Crippen LogP contribution in [-0.2, 0) is 28.2 Å². The van der Waals surface area contributed by atoms with Gasteiger partial charge in [0.1, 0.15) is 6.10 Å². The van der Waals surface area contributed by atoms with Crippen LogP contribution in [0.1, 0.15) is 155 Å². The van der Waals surface area contributed by atoms with E-state index in [0.717, 1.165) is 50.7 Å². The molecule has 0 aliphatic rings. The van der Waals surface area contributed by atoms with Gasteiger partial charge in [-0.3, -0.25) is 14.1 Å². The van der Waals surface area contributed by atoms with Crippen molar-refractivity contribution in [2.24, 2.45) is 0 Å². The van der Waals surface area contributed by atoms with Crippen LogP contribution in [0.25, 0.3) is 0 Å². The summed E-state index contributed by atoms with van der Waals surface area (Å²) < 4.78 is 26.0. The summed E-state index contributed by atoms with van der Waals surface area (Å²) in [5.74, 6) is 1.10. The van der Waals surface area contributed by atoms with Gasteiger partial charge in [-0.25, -0.2) is 4.57 Å². The number of thioether (sulfide) groups is 1. The Morgan fingerprint density at radius 3 is 1.68 bits per heavy atom. The average Bonchev–Trinajstić information content (AvgIpc) is 2.93. The Labute approximate surface area is 255 Å². The van der Waals surface area contributed by atoms with Crippen LogP contribution in [0.5, 0.6) is 0 Å². The first-order valence-corrected chi connectivity index (χ1v) is 19.1. The number of rotatable bonds is 33. The number of carbonyl (C=O) groups excluding carboxylic acids is 2. The summed E-state index contributed by atoms with van der Waals surface area (Å²) >= 11 is 1.65. The van der Waals surface area contributed by atoms with Crippen LogP contribution in [0.3, 0.4) is 0 Å². The number of carbonyl (C=O) groups is 2. The molecule has 41 heavy (non-hydrogen) atoms. The van der Waals surface area contributed by atoms with Crippen molar-refractivity contribution in [1.29, 1.82) is 0 Å². The molecule has 0 unspecified atom stereocenters. The molecule has 244 valence electrons. The fourth-order valence-electron chi connectivity index (χ4n) is 4.72. The van der Waals surface area contributed by atoms with E-state index in [0.29, 0.717) is 25.3 Å². The Kier molecular flexibility index (Phi) is 30.4. The number of phosphoric ester groups is 1. The molecule has 0 aromatic heterocycles. The van der Waals surface area contributed by atoms with Crippen molar-refractivity contribution in [2.75, 3.05) is 24.7 Å². The molecule has 0 heterocycles. The molecule has 0 amide bonds. The number of hydrogen-bond acceptors (Lipinski definition) is 7. The number of ether oxygens (including phenoxy) is 2. The summed E-state index contributed by atoms with van der Waals surface area (Å²) in [5, 5.41) is 0. The molecular weight excluding hydrogens is 563 g/mol. The highest BCUT2D eigenvalue weighted by atomic mass is 32.2. The molecule has 0 aromatic carbocycles. The van der Waals surface area contributed by atoms with Gasteiger partial charge in [0.05, 0.1) is 13.2 Å². The first kappa shape index (κ1) is 40.4. The summed E-state index contributed by atoms with van der Waals surface area (Å²) in [7, 11) is -4.60. The van der Waals surface area contributed by atoms with E-state index in [1.165, 1.54) is 96.3 Å². The summed E-state index contributed by atoms with van der Waals surface area (Å²) in [6.07, 6.45) is 26.0. The van der Waals surface area contributed by atoms with Crippen LogP contribution in [0.15, 0.2) is 0 Å². The van der Waals surface area contributed by atoms with Gasteiger partial charge in [0.2, 0.25) is 0 Å². The molecule has 0 fully saturated rings. The third kappa shape index (κ3) is 33.8. The number of hydrogen-bond donors (Lipinski definition) is 2. The normalized spacial score (nSPS) is 12.4. The minimum absolute atomic E-state index is 0.282.